The van der Waals surface area contributed by atoms with E-state index in [1.807, 2.05) is 43.3 Å². The zero-order chi connectivity index (χ0) is 33.6. The molecule has 1 saturated heterocycles. The first-order valence-electron chi connectivity index (χ1n) is 14.5. The van der Waals surface area contributed by atoms with Gasteiger partial charge in [0.25, 0.3) is 5.91 Å². The Labute approximate surface area is 276 Å². The van der Waals surface area contributed by atoms with Gasteiger partial charge in [-0.25, -0.2) is 18.0 Å². The van der Waals surface area contributed by atoms with Crippen molar-refractivity contribution in [1.82, 2.24) is 10.2 Å². The number of nitrogens with zero attached hydrogens (tertiary/aromatic N) is 1. The van der Waals surface area contributed by atoms with E-state index in [2.05, 4.69) is 5.32 Å². The summed E-state index contributed by atoms with van der Waals surface area (Å²) in [6.45, 7) is 3.28. The molecule has 1 fully saturated rings. The van der Waals surface area contributed by atoms with Gasteiger partial charge in [0.05, 0.1) is 12.0 Å². The second-order valence-corrected chi connectivity index (χ2v) is 14.5. The number of likely N-dealkylation sites (tertiary alicyclic amines) is 1. The van der Waals surface area contributed by atoms with E-state index in [0.29, 0.717) is 21.9 Å². The lowest BCUT2D eigenvalue weighted by Crippen LogP contribution is -2.70. The third-order valence-corrected chi connectivity index (χ3v) is 11.0. The van der Waals surface area contributed by atoms with E-state index in [9.17, 15) is 22.8 Å². The molecule has 1 heterocycles. The number of allylic oxidation sites excluding steroid dienone is 1. The summed E-state index contributed by atoms with van der Waals surface area (Å²) in [7, 11) is -2.38. The van der Waals surface area contributed by atoms with Gasteiger partial charge in [0, 0.05) is 10.8 Å². The summed E-state index contributed by atoms with van der Waals surface area (Å²) in [6.07, 6.45) is -1.84. The molecule has 2 unspecified atom stereocenters. The Morgan fingerprint density at radius 3 is 1.89 bits per heavy atom. The quantitative estimate of drug-likeness (QED) is 0.0676. The van der Waals surface area contributed by atoms with Crippen molar-refractivity contribution in [3.8, 4) is 5.75 Å². The summed E-state index contributed by atoms with van der Waals surface area (Å²) < 4.78 is 44.0. The Hall–Kier alpha value is -5.07. The molecule has 12 heteroatoms. The molecule has 1 aliphatic heterocycles. The number of nitrogens with one attached hydrogen (secondary N) is 1. The van der Waals surface area contributed by atoms with Gasteiger partial charge in [0.2, 0.25) is 8.87 Å². The Kier molecular flexibility index (Phi) is 10.3. The highest BCUT2D eigenvalue weighted by Gasteiger charge is 2.55. The van der Waals surface area contributed by atoms with Crippen molar-refractivity contribution in [2.75, 3.05) is 7.11 Å². The van der Waals surface area contributed by atoms with Crippen LogP contribution in [0.25, 0.3) is 0 Å². The highest BCUT2D eigenvalue weighted by atomic mass is 33.1. The molecule has 1 aliphatic rings. The van der Waals surface area contributed by atoms with E-state index in [0.717, 1.165) is 10.5 Å². The number of rotatable bonds is 11. The molecular formula is C35H32N2O8S2. The van der Waals surface area contributed by atoms with E-state index in [1.165, 1.54) is 26.2 Å². The lowest BCUT2D eigenvalue weighted by atomic mass is 10.0. The topological polar surface area (TPSA) is 128 Å². The Balaban J connectivity index is 1.49. The average Bonchev–Trinajstić information content (AvgIpc) is 3.08. The van der Waals surface area contributed by atoms with Crippen LogP contribution in [0.4, 0.5) is 4.79 Å². The van der Waals surface area contributed by atoms with Crippen LogP contribution >= 0.6 is 10.8 Å². The molecule has 10 nitrogen and oxygen atoms in total. The molecule has 0 aromatic heterocycles. The lowest BCUT2D eigenvalue weighted by molar-refractivity contribution is -0.153. The number of esters is 1. The first-order valence-corrected chi connectivity index (χ1v) is 17.4. The molecule has 2 atom stereocenters. The first-order chi connectivity index (χ1) is 22.6. The van der Waals surface area contributed by atoms with Crippen LogP contribution in [0.3, 0.4) is 0 Å². The van der Waals surface area contributed by atoms with Crippen LogP contribution in [0.2, 0.25) is 0 Å². The number of ether oxygens (including phenoxy) is 3. The monoisotopic (exact) mass is 672 g/mol. The van der Waals surface area contributed by atoms with Gasteiger partial charge in [-0.2, -0.15) is 0 Å². The summed E-state index contributed by atoms with van der Waals surface area (Å²) in [6, 6.07) is 31.1. The van der Waals surface area contributed by atoms with Crippen molar-refractivity contribution in [3.63, 3.8) is 0 Å². The van der Waals surface area contributed by atoms with Crippen molar-refractivity contribution in [2.24, 2.45) is 0 Å². The maximum atomic E-state index is 14.0. The predicted molar refractivity (Wildman–Crippen MR) is 177 cm³/mol. The van der Waals surface area contributed by atoms with Crippen LogP contribution in [-0.4, -0.2) is 49.8 Å². The number of para-hydroxylation sites is 1. The lowest BCUT2D eigenvalue weighted by Gasteiger charge is -2.46. The first kappa shape index (κ1) is 33.3. The maximum absolute atomic E-state index is 14.0. The summed E-state index contributed by atoms with van der Waals surface area (Å²) >= 11 is 0. The zero-order valence-electron chi connectivity index (χ0n) is 25.7. The van der Waals surface area contributed by atoms with E-state index in [4.69, 9.17) is 14.2 Å². The van der Waals surface area contributed by atoms with Crippen LogP contribution in [0.15, 0.2) is 132 Å². The molecule has 0 saturated carbocycles. The number of aryl methyl sites for hydroxylation is 1. The highest BCUT2D eigenvalue weighted by Crippen LogP contribution is 2.41. The van der Waals surface area contributed by atoms with Crippen molar-refractivity contribution in [1.29, 1.82) is 0 Å². The smallest absolute Gasteiger partial charge is 0.413 e. The fourth-order valence-corrected chi connectivity index (χ4v) is 8.30. The molecule has 5 rings (SSSR count). The van der Waals surface area contributed by atoms with Gasteiger partial charge in [0.1, 0.15) is 22.9 Å². The minimum absolute atomic E-state index is 0.00636. The normalized spacial score (nSPS) is 16.5. The minimum Gasteiger partial charge on any atom is -0.499 e. The van der Waals surface area contributed by atoms with Crippen LogP contribution in [0.1, 0.15) is 29.7 Å². The third-order valence-electron chi connectivity index (χ3n) is 7.31. The summed E-state index contributed by atoms with van der Waals surface area (Å²) in [5.41, 5.74) is 1.90. The van der Waals surface area contributed by atoms with Crippen LogP contribution < -0.4 is 10.1 Å². The second kappa shape index (κ2) is 14.6. The number of amides is 2. The van der Waals surface area contributed by atoms with E-state index < -0.39 is 44.4 Å². The van der Waals surface area contributed by atoms with Crippen molar-refractivity contribution in [2.45, 2.75) is 36.3 Å². The number of carbonyl (C=O) groups excluding carboxylic acids is 3. The molecule has 4 aromatic carbocycles. The van der Waals surface area contributed by atoms with Crippen LogP contribution in [0, 0.1) is 6.92 Å². The average molecular weight is 673 g/mol. The zero-order valence-corrected chi connectivity index (χ0v) is 27.4. The number of hydrogen-bond donors (Lipinski definition) is 1. The van der Waals surface area contributed by atoms with Gasteiger partial charge in [-0.3, -0.25) is 9.69 Å². The van der Waals surface area contributed by atoms with Crippen molar-refractivity contribution < 1.29 is 37.0 Å². The van der Waals surface area contributed by atoms with Crippen molar-refractivity contribution >= 4 is 37.6 Å². The fourth-order valence-electron chi connectivity index (χ4n) is 4.83. The van der Waals surface area contributed by atoms with Gasteiger partial charge in [0.15, 0.2) is 11.8 Å². The number of hydrogen-bond acceptors (Lipinski definition) is 9. The predicted octanol–water partition coefficient (Wildman–Crippen LogP) is 5.95. The van der Waals surface area contributed by atoms with Crippen molar-refractivity contribution in [3.05, 3.63) is 143 Å². The molecule has 0 radical (unpaired) electrons. The standard InChI is InChI=1S/C35H32N2O8S2/c1-23-19-21-28(22-20-23)47(41,42)46-33-29(36-35(40)44-27-17-11-6-12-18-27)32(38)37(33)30(24(2)43-3)34(39)45-31(25-13-7-4-8-14-25)26-15-9-5-10-16-26/h4-22,29,31,33H,1-3H3,(H,36,40)/b30-24+. The minimum atomic E-state index is -4.11. The number of methoxy groups -OCH3 is 1. The van der Waals surface area contributed by atoms with E-state index in [1.54, 1.807) is 66.7 Å². The number of β-lactam (4-membered cyclic amide) rings is 1. The van der Waals surface area contributed by atoms with E-state index >= 15 is 0 Å². The Morgan fingerprint density at radius 2 is 1.36 bits per heavy atom. The largest absolute Gasteiger partial charge is 0.499 e. The van der Waals surface area contributed by atoms with Crippen LogP contribution in [0.5, 0.6) is 5.75 Å². The Morgan fingerprint density at radius 1 is 0.830 bits per heavy atom. The molecule has 0 spiro atoms. The molecule has 2 amide bonds. The summed E-state index contributed by atoms with van der Waals surface area (Å²) in [4.78, 5) is 41.6. The fraction of sp³-hybridized carbons (Fsp3) is 0.171. The van der Waals surface area contributed by atoms with Gasteiger partial charge < -0.3 is 19.5 Å². The van der Waals surface area contributed by atoms with Crippen LogP contribution in [-0.2, 0) is 27.9 Å². The molecule has 4 aromatic rings. The highest BCUT2D eigenvalue weighted by molar-refractivity contribution is 8.72. The molecule has 0 bridgehead atoms. The maximum Gasteiger partial charge on any atom is 0.413 e. The number of benzene rings is 4. The SMILES string of the molecule is CO/C(C)=C(\C(=O)OC(c1ccccc1)c1ccccc1)N1C(=O)C(NC(=O)Oc2ccccc2)C1SS(=O)(=O)c1ccc(C)cc1. The molecule has 47 heavy (non-hydrogen) atoms. The van der Waals surface area contributed by atoms with Gasteiger partial charge in [-0.15, -0.1) is 0 Å². The molecule has 0 aliphatic carbocycles. The molecule has 242 valence electrons. The second-order valence-electron chi connectivity index (χ2n) is 10.5. The van der Waals surface area contributed by atoms with Gasteiger partial charge >= 0.3 is 12.1 Å². The van der Waals surface area contributed by atoms with Gasteiger partial charge in [-0.1, -0.05) is 96.6 Å². The molecular weight excluding hydrogens is 641 g/mol. The third kappa shape index (κ3) is 7.67. The van der Waals surface area contributed by atoms with E-state index in [-0.39, 0.29) is 22.1 Å². The molecule has 1 N–H and O–H groups in total. The Bertz CT molecular complexity index is 1830. The number of carbonyl (C=O) groups is 3. The summed E-state index contributed by atoms with van der Waals surface area (Å²) in [5.74, 6) is -1.46. The summed E-state index contributed by atoms with van der Waals surface area (Å²) in [5, 5.41) is 1.17. The van der Waals surface area contributed by atoms with Gasteiger partial charge in [-0.05, 0) is 49.2 Å².